The quantitative estimate of drug-likeness (QED) is 0.0193. The van der Waals surface area contributed by atoms with Crippen molar-refractivity contribution in [1.29, 1.82) is 0 Å². The van der Waals surface area contributed by atoms with E-state index >= 15 is 0 Å². The van der Waals surface area contributed by atoms with Crippen molar-refractivity contribution < 1.29 is 31.6 Å². The molecule has 27 nitrogen and oxygen atoms in total. The molecular weight excluding hydrogens is 1650 g/mol. The first-order valence-corrected chi connectivity index (χ1v) is 46.8. The molecule has 612 valence electrons. The molecule has 4 aromatic heterocycles. The molecule has 0 radical (unpaired) electrons. The maximum Gasteiger partial charge on any atom is 0.294 e. The molecule has 6 N–H and O–H groups in total. The second kappa shape index (κ2) is 39.7. The van der Waals surface area contributed by atoms with Crippen molar-refractivity contribution in [2.75, 3.05) is 203 Å². The zero-order valence-corrected chi connectivity index (χ0v) is 74.5. The van der Waals surface area contributed by atoms with Gasteiger partial charge in [0, 0.05) is 176 Å². The number of benzene rings is 5. The fourth-order valence-electron chi connectivity index (χ4n) is 14.1. The number of nitrogens with one attached hydrogen (secondary N) is 3. The Hall–Kier alpha value is -8.12. The van der Waals surface area contributed by atoms with Gasteiger partial charge in [-0.2, -0.15) is 18.4 Å². The number of methoxy groups -OCH3 is 2. The van der Waals surface area contributed by atoms with E-state index in [0.29, 0.717) is 65.9 Å². The minimum atomic E-state index is -4.02. The van der Waals surface area contributed by atoms with E-state index in [1.807, 2.05) is 106 Å². The molecule has 0 saturated carbocycles. The van der Waals surface area contributed by atoms with Crippen LogP contribution < -0.4 is 61.4 Å². The first-order chi connectivity index (χ1) is 54.2. The fraction of sp³-hybridized carbons (Fsp3) is 0.432. The standard InChI is InChI=1S/C37H50BrN10O2P.C19H32N4O.C18H19BrClN6OP.C7H8O3S/c1-8-25-21-31(33(50-5)23-32(25)48-15-13-27(14-16-48)47-19-17-46(4)18-20-47)41-37-39-24-28(38)36(42-37)40-30-10-9-26(22-34(30)51(6,7)49)29-11-12-35(44-43-29)45(2)3;1-4-15-13-17(20)19(24-3)14-18(15)23-7-5-16(6-8-23)22-11-9-21(2)10-12-22;1-26(2)16-8-7-13(24-25-16)11-5-6-14(15(9-11)28(3,4)27)22-17-12(19)10-21-18(20)23-17;1-6-2-4-7(5-3-6)11(8,9)10/h9-12,21-24,27H,8,13-20H2,1-7H3,(H2,39,40,41,42);13-14,16H,4-12,20H2,1-3H3;5-10H,1-4H3,(H,21,22,23);2-5H,1H3,(H,8,9,10). The monoisotopic (exact) mass is 1760 g/mol. The van der Waals surface area contributed by atoms with Gasteiger partial charge in [-0.15, -0.1) is 20.4 Å². The summed E-state index contributed by atoms with van der Waals surface area (Å²) in [6, 6.07) is 35.0. The van der Waals surface area contributed by atoms with E-state index < -0.39 is 24.4 Å². The highest BCUT2D eigenvalue weighted by Gasteiger charge is 2.31. The Bertz CT molecular complexity index is 4950. The SMILES string of the molecule is CCc1cc(N)c(OC)cc1N1CCC(N2CCN(C)CC2)CC1.CCc1cc(Nc2ncc(Br)c(Nc3ccc(-c4ccc(N(C)C)nn4)cc3P(C)(C)=O)n2)c(OC)cc1N1CCC(N2CCN(C)CC2)CC1.CN(C)c1ccc(-c2ccc(Nc3nc(Cl)ncc3Br)c(P(C)(C)=O)c2)nn1.Cc1ccc(S(=O)(=O)O)cc1. The summed E-state index contributed by atoms with van der Waals surface area (Å²) in [6.45, 7) is 27.0. The van der Waals surface area contributed by atoms with Gasteiger partial charge in [0.25, 0.3) is 10.1 Å². The Morgan fingerprint density at radius 1 is 0.553 bits per heavy atom. The van der Waals surface area contributed by atoms with Crippen LogP contribution in [0.5, 0.6) is 11.5 Å². The minimum Gasteiger partial charge on any atom is -0.495 e. The van der Waals surface area contributed by atoms with Gasteiger partial charge < -0.3 is 69.7 Å². The van der Waals surface area contributed by atoms with Crippen LogP contribution in [0.2, 0.25) is 5.28 Å². The first kappa shape index (κ1) is 88.2. The number of hydrogen-bond acceptors (Lipinski definition) is 26. The molecule has 13 rings (SSSR count). The summed E-state index contributed by atoms with van der Waals surface area (Å²) in [7, 11) is 6.16. The van der Waals surface area contributed by atoms with Crippen molar-refractivity contribution in [1.82, 2.24) is 59.9 Å². The highest BCUT2D eigenvalue weighted by Crippen LogP contribution is 2.44. The molecule has 33 heteroatoms. The molecule has 0 spiro atoms. The number of rotatable bonds is 21. The van der Waals surface area contributed by atoms with Gasteiger partial charge in [0.1, 0.15) is 37.4 Å². The highest BCUT2D eigenvalue weighted by molar-refractivity contribution is 9.11. The van der Waals surface area contributed by atoms with E-state index in [9.17, 15) is 17.5 Å². The van der Waals surface area contributed by atoms with Crippen molar-refractivity contribution >= 4 is 142 Å². The van der Waals surface area contributed by atoms with Crippen LogP contribution in [0.1, 0.15) is 56.2 Å². The highest BCUT2D eigenvalue weighted by atomic mass is 79.9. The zero-order valence-electron chi connectivity index (χ0n) is 68.0. The van der Waals surface area contributed by atoms with E-state index in [0.717, 1.165) is 109 Å². The molecular formula is C81H109Br2ClN20O7P2S. The van der Waals surface area contributed by atoms with Gasteiger partial charge >= 0.3 is 0 Å². The number of piperidine rings is 2. The van der Waals surface area contributed by atoms with E-state index in [-0.39, 0.29) is 10.2 Å². The molecule has 8 heterocycles. The van der Waals surface area contributed by atoms with Crippen molar-refractivity contribution in [3.63, 3.8) is 0 Å². The normalized spacial score (nSPS) is 15.6. The van der Waals surface area contributed by atoms with Crippen LogP contribution >= 0.6 is 57.7 Å². The average Bonchev–Trinajstić information content (AvgIpc) is 0.795. The fourth-order valence-corrected chi connectivity index (χ4v) is 17.6. The smallest absolute Gasteiger partial charge is 0.294 e. The number of anilines is 11. The van der Waals surface area contributed by atoms with Crippen LogP contribution in [0.25, 0.3) is 22.5 Å². The summed E-state index contributed by atoms with van der Waals surface area (Å²) in [5.41, 5.74) is 18.2. The molecule has 9 aromatic rings. The second-order valence-corrected chi connectivity index (χ2v) is 40.0. The third-order valence-electron chi connectivity index (χ3n) is 20.8. The molecule has 0 unspecified atom stereocenters. The number of ether oxygens (including phenoxy) is 2. The van der Waals surface area contributed by atoms with Gasteiger partial charge in [0.15, 0.2) is 11.6 Å². The van der Waals surface area contributed by atoms with Crippen LogP contribution in [0.4, 0.5) is 63.3 Å². The Balaban J connectivity index is 0.000000183. The lowest BCUT2D eigenvalue weighted by molar-refractivity contribution is 0.0982. The Morgan fingerprint density at radius 2 is 0.982 bits per heavy atom. The van der Waals surface area contributed by atoms with Gasteiger partial charge in [-0.3, -0.25) is 14.4 Å². The Morgan fingerprint density at radius 3 is 1.39 bits per heavy atom. The zero-order chi connectivity index (χ0) is 82.3. The van der Waals surface area contributed by atoms with Crippen LogP contribution in [-0.4, -0.2) is 247 Å². The van der Waals surface area contributed by atoms with Crippen molar-refractivity contribution in [3.05, 3.63) is 153 Å². The second-order valence-electron chi connectivity index (χ2n) is 30.1. The third-order valence-corrected chi connectivity index (χ3v) is 26.1. The van der Waals surface area contributed by atoms with Crippen molar-refractivity contribution in [2.24, 2.45) is 0 Å². The summed E-state index contributed by atoms with van der Waals surface area (Å²) >= 11 is 12.9. The number of hydrogen-bond donors (Lipinski definition) is 5. The van der Waals surface area contributed by atoms with Gasteiger partial charge in [-0.25, -0.2) is 9.97 Å². The van der Waals surface area contributed by atoms with E-state index in [4.69, 9.17) is 36.3 Å². The molecule has 4 aliphatic heterocycles. The number of aromatic nitrogens is 8. The predicted molar refractivity (Wildman–Crippen MR) is 475 cm³/mol. The number of nitrogen functional groups attached to an aromatic ring is 1. The molecule has 0 aliphatic carbocycles. The molecule has 4 aliphatic rings. The van der Waals surface area contributed by atoms with E-state index in [1.165, 1.54) is 99.6 Å². The van der Waals surface area contributed by atoms with Gasteiger partial charge in [0.2, 0.25) is 11.2 Å². The summed E-state index contributed by atoms with van der Waals surface area (Å²) in [6.07, 6.45) is 10.00. The maximum atomic E-state index is 13.6. The number of aryl methyl sites for hydroxylation is 3. The number of nitrogens with zero attached hydrogens (tertiary/aromatic N) is 16. The molecule has 5 aromatic carbocycles. The summed E-state index contributed by atoms with van der Waals surface area (Å²) in [5.74, 6) is 4.52. The van der Waals surface area contributed by atoms with Gasteiger partial charge in [-0.1, -0.05) is 43.7 Å². The molecule has 0 atom stereocenters. The topological polar surface area (TPSA) is 298 Å². The minimum absolute atomic E-state index is 0.0666. The molecule has 0 bridgehead atoms. The van der Waals surface area contributed by atoms with Crippen LogP contribution in [-0.2, 0) is 32.1 Å². The molecule has 4 saturated heterocycles. The molecule has 114 heavy (non-hydrogen) atoms. The largest absolute Gasteiger partial charge is 0.495 e. The Kier molecular flexibility index (Phi) is 30.7. The number of likely N-dealkylation sites (N-methyl/N-ethyl adjacent to an activating group) is 2. The first-order valence-electron chi connectivity index (χ1n) is 38.2. The van der Waals surface area contributed by atoms with Gasteiger partial charge in [-0.05, 0) is 214 Å². The lowest BCUT2D eigenvalue weighted by Crippen LogP contribution is -2.52. The summed E-state index contributed by atoms with van der Waals surface area (Å²) in [5, 5.41) is 28.7. The number of halogens is 3. The third kappa shape index (κ3) is 23.6. The lowest BCUT2D eigenvalue weighted by Gasteiger charge is -2.43. The number of piperazine rings is 2. The van der Waals surface area contributed by atoms with E-state index in [2.05, 4.69) is 165 Å². The maximum absolute atomic E-state index is 13.6. The molecule has 0 amide bonds. The summed E-state index contributed by atoms with van der Waals surface area (Å²) in [4.78, 5) is 36.5. The lowest BCUT2D eigenvalue weighted by atomic mass is 9.99. The van der Waals surface area contributed by atoms with Gasteiger partial charge in [0.05, 0.1) is 62.2 Å². The van der Waals surface area contributed by atoms with E-state index in [1.54, 1.807) is 65.4 Å². The average molecular weight is 1760 g/mol. The predicted octanol–water partition coefficient (Wildman–Crippen LogP) is 14.0. The van der Waals surface area contributed by atoms with Crippen molar-refractivity contribution in [2.45, 2.75) is 76.3 Å². The summed E-state index contributed by atoms with van der Waals surface area (Å²) < 4.78 is 68.7. The van der Waals surface area contributed by atoms with Crippen molar-refractivity contribution in [3.8, 4) is 34.0 Å². The molecule has 4 fully saturated rings. The number of nitrogens with two attached hydrogens (primary N) is 1. The van der Waals surface area contributed by atoms with Crippen LogP contribution in [0.3, 0.4) is 0 Å². The van der Waals surface area contributed by atoms with Crippen LogP contribution in [0.15, 0.2) is 135 Å². The van der Waals surface area contributed by atoms with Crippen LogP contribution in [0, 0.1) is 6.92 Å². The Labute approximate surface area is 694 Å².